The minimum Gasteiger partial charge on any atom is -0.457 e. The van der Waals surface area contributed by atoms with Gasteiger partial charge in [-0.05, 0) is 58.7 Å². The number of nitrogens with one attached hydrogen (secondary N) is 1. The van der Waals surface area contributed by atoms with Crippen molar-refractivity contribution in [2.75, 3.05) is 6.61 Å². The van der Waals surface area contributed by atoms with Gasteiger partial charge in [0.25, 0.3) is 14.1 Å². The molecule has 1 N–H and O–H groups in total. The van der Waals surface area contributed by atoms with Gasteiger partial charge in [0.2, 0.25) is 0 Å². The first kappa shape index (κ1) is 39.6. The van der Waals surface area contributed by atoms with Gasteiger partial charge in [0.1, 0.15) is 23.8 Å². The van der Waals surface area contributed by atoms with Crippen LogP contribution in [0.5, 0.6) is 11.5 Å². The molecule has 0 saturated carbocycles. The van der Waals surface area contributed by atoms with Gasteiger partial charge >= 0.3 is 5.69 Å². The second-order valence-electron chi connectivity index (χ2n) is 14.4. The summed E-state index contributed by atoms with van der Waals surface area (Å²) in [4.78, 5) is 28.2. The van der Waals surface area contributed by atoms with Gasteiger partial charge in [0, 0.05) is 41.4 Å². The van der Waals surface area contributed by atoms with Gasteiger partial charge in [-0.2, -0.15) is 5.26 Å². The van der Waals surface area contributed by atoms with E-state index < -0.39 is 49.9 Å². The molecular formula is C42H51N4O7P. The van der Waals surface area contributed by atoms with Gasteiger partial charge < -0.3 is 23.3 Å². The van der Waals surface area contributed by atoms with E-state index in [4.69, 9.17) is 23.3 Å². The molecule has 0 bridgehead atoms. The Labute approximate surface area is 318 Å². The van der Waals surface area contributed by atoms with Crippen molar-refractivity contribution < 1.29 is 23.3 Å². The summed E-state index contributed by atoms with van der Waals surface area (Å²) in [7, 11) is -1.68. The Morgan fingerprint density at radius 1 is 0.981 bits per heavy atom. The van der Waals surface area contributed by atoms with E-state index in [1.165, 1.54) is 4.57 Å². The van der Waals surface area contributed by atoms with Crippen LogP contribution in [-0.2, 0) is 24.1 Å². The van der Waals surface area contributed by atoms with Gasteiger partial charge in [-0.25, -0.2) is 9.46 Å². The molecule has 54 heavy (non-hydrogen) atoms. The molecule has 2 aliphatic heterocycles. The summed E-state index contributed by atoms with van der Waals surface area (Å²) < 4.78 is 38.3. The quantitative estimate of drug-likeness (QED) is 0.0885. The zero-order valence-electron chi connectivity index (χ0n) is 31.9. The number of aromatic nitrogens is 2. The van der Waals surface area contributed by atoms with Crippen LogP contribution < -0.4 is 16.0 Å². The van der Waals surface area contributed by atoms with E-state index in [-0.39, 0.29) is 25.1 Å². The molecule has 3 heterocycles. The Balaban J connectivity index is 1.51. The normalized spacial score (nSPS) is 20.0. The highest BCUT2D eigenvalue weighted by Crippen LogP contribution is 2.55. The predicted molar refractivity (Wildman–Crippen MR) is 208 cm³/mol. The molecule has 1 aromatic heterocycles. The van der Waals surface area contributed by atoms with E-state index in [1.807, 2.05) is 54.6 Å². The summed E-state index contributed by atoms with van der Waals surface area (Å²) in [6, 6.07) is 28.4. The van der Waals surface area contributed by atoms with Crippen molar-refractivity contribution in [1.29, 1.82) is 5.26 Å². The summed E-state index contributed by atoms with van der Waals surface area (Å²) in [5.74, 6) is 1.39. The average molecular weight is 755 g/mol. The van der Waals surface area contributed by atoms with Crippen LogP contribution in [0.4, 0.5) is 0 Å². The fourth-order valence-corrected chi connectivity index (χ4v) is 9.28. The Bertz CT molecular complexity index is 1970. The highest BCUT2D eigenvalue weighted by molar-refractivity contribution is 7.44. The third-order valence-corrected chi connectivity index (χ3v) is 12.1. The number of H-pyrrole nitrogens is 1. The van der Waals surface area contributed by atoms with Crippen LogP contribution in [0.25, 0.3) is 0 Å². The molecule has 4 aromatic rings. The van der Waals surface area contributed by atoms with Crippen molar-refractivity contribution in [3.63, 3.8) is 0 Å². The lowest BCUT2D eigenvalue weighted by atomic mass is 9.77. The summed E-state index contributed by atoms with van der Waals surface area (Å²) in [5.41, 5.74) is 0.952. The summed E-state index contributed by atoms with van der Waals surface area (Å²) in [6.45, 7) is 12.4. The first-order valence-corrected chi connectivity index (χ1v) is 20.0. The Kier molecular flexibility index (Phi) is 12.9. The van der Waals surface area contributed by atoms with Crippen LogP contribution in [0, 0.1) is 18.3 Å². The fourth-order valence-electron chi connectivity index (χ4n) is 7.53. The van der Waals surface area contributed by atoms with Crippen molar-refractivity contribution in [1.82, 2.24) is 14.2 Å². The number of aryl methyl sites for hydroxylation is 1. The van der Waals surface area contributed by atoms with Gasteiger partial charge in [-0.15, -0.1) is 0 Å². The van der Waals surface area contributed by atoms with E-state index in [0.29, 0.717) is 29.9 Å². The smallest absolute Gasteiger partial charge is 0.330 e. The summed E-state index contributed by atoms with van der Waals surface area (Å²) in [5, 5.41) is 9.38. The molecule has 1 unspecified atom stereocenters. The number of unbranched alkanes of at least 4 members (excludes halogenated alkanes) is 1. The third-order valence-electron chi connectivity index (χ3n) is 9.93. The van der Waals surface area contributed by atoms with E-state index in [1.54, 1.807) is 13.1 Å². The summed E-state index contributed by atoms with van der Waals surface area (Å²) >= 11 is 0. The number of nitriles is 1. The zero-order valence-corrected chi connectivity index (χ0v) is 32.8. The highest BCUT2D eigenvalue weighted by Gasteiger charge is 2.51. The van der Waals surface area contributed by atoms with E-state index in [2.05, 4.69) is 74.6 Å². The number of aromatic amines is 1. The lowest BCUT2D eigenvalue weighted by molar-refractivity contribution is -0.147. The Morgan fingerprint density at radius 2 is 1.61 bits per heavy atom. The number of ether oxygens (including phenoxy) is 3. The lowest BCUT2D eigenvalue weighted by Gasteiger charge is -2.44. The minimum absolute atomic E-state index is 0.0722. The molecule has 0 aliphatic carbocycles. The van der Waals surface area contributed by atoms with Gasteiger partial charge in [-0.1, -0.05) is 86.5 Å². The lowest BCUT2D eigenvalue weighted by Crippen LogP contribution is -2.46. The molecule has 2 aliphatic rings. The van der Waals surface area contributed by atoms with Gasteiger partial charge in [-0.3, -0.25) is 14.3 Å². The zero-order chi connectivity index (χ0) is 38.4. The molecule has 6 rings (SSSR count). The maximum absolute atomic E-state index is 13.3. The molecule has 0 spiro atoms. The summed E-state index contributed by atoms with van der Waals surface area (Å²) in [6.07, 6.45) is 1.84. The van der Waals surface area contributed by atoms with Gasteiger partial charge in [0.15, 0.2) is 5.60 Å². The Hall–Kier alpha value is -4.14. The van der Waals surface area contributed by atoms with Crippen LogP contribution in [0.15, 0.2) is 94.6 Å². The third kappa shape index (κ3) is 8.11. The highest BCUT2D eigenvalue weighted by atomic mass is 31.2. The van der Waals surface area contributed by atoms with Crippen LogP contribution in [0.2, 0.25) is 0 Å². The molecule has 12 heteroatoms. The molecule has 286 valence electrons. The van der Waals surface area contributed by atoms with Crippen LogP contribution in [0.1, 0.15) is 95.2 Å². The van der Waals surface area contributed by atoms with E-state index in [0.717, 1.165) is 29.5 Å². The molecular weight excluding hydrogens is 703 g/mol. The number of hydrogen-bond acceptors (Lipinski definition) is 9. The van der Waals surface area contributed by atoms with Crippen molar-refractivity contribution in [2.24, 2.45) is 0 Å². The second-order valence-corrected chi connectivity index (χ2v) is 15.8. The first-order chi connectivity index (χ1) is 26.1. The standard InChI is InChI=1S/C42H51N4O7P/c1-7-8-21-36(52-42(31-17-10-9-11-18-31)32-19-12-14-22-34(32)50-35-23-15-13-20-33(35)42)39-37(26-38(51-39)45-27-30(6)40(47)44-41(45)48)53-54(49-25-16-24-43)46(28(2)3)29(4)5/h9-15,17-20,22-23,27-29,36-39H,7-8,16,21,25-26H2,1-6H3,(H,44,47,48)/t36-,37-,38+,39+,54?/m0/s1. The number of benzene rings is 3. The average Bonchev–Trinajstić information content (AvgIpc) is 3.57. The molecule has 0 amide bonds. The topological polar surface area (TPSA) is 128 Å². The SMILES string of the molecule is CCCC[C@H](OC1(c2ccccc2)c2ccccc2Oc2ccccc21)[C@H]1O[C@@H](n2cc(C)c(=O)[nH]c2=O)C[C@@H]1OP(OCCC#N)N(C(C)C)C(C)C. The molecule has 1 saturated heterocycles. The van der Waals surface area contributed by atoms with Crippen LogP contribution in [-0.4, -0.2) is 51.2 Å². The second kappa shape index (κ2) is 17.5. The van der Waals surface area contributed by atoms with Gasteiger partial charge in [0.05, 0.1) is 31.3 Å². The number of fused-ring (bicyclic) bond motifs is 2. The van der Waals surface area contributed by atoms with Crippen molar-refractivity contribution >= 4 is 8.53 Å². The molecule has 5 atom stereocenters. The molecule has 0 radical (unpaired) electrons. The van der Waals surface area contributed by atoms with Crippen LogP contribution in [0.3, 0.4) is 0 Å². The maximum atomic E-state index is 13.3. The van der Waals surface area contributed by atoms with Crippen molar-refractivity contribution in [2.45, 2.75) is 116 Å². The largest absolute Gasteiger partial charge is 0.457 e. The fraction of sp³-hybridized carbons (Fsp3) is 0.452. The minimum atomic E-state index is -1.68. The molecule has 11 nitrogen and oxygen atoms in total. The van der Waals surface area contributed by atoms with E-state index >= 15 is 0 Å². The van der Waals surface area contributed by atoms with Crippen LogP contribution >= 0.6 is 8.53 Å². The number of rotatable bonds is 16. The van der Waals surface area contributed by atoms with Crippen molar-refractivity contribution in [3.8, 4) is 17.6 Å². The van der Waals surface area contributed by atoms with Crippen molar-refractivity contribution in [3.05, 3.63) is 128 Å². The molecule has 1 fully saturated rings. The Morgan fingerprint density at radius 3 is 2.22 bits per heavy atom. The predicted octanol–water partition coefficient (Wildman–Crippen LogP) is 8.47. The maximum Gasteiger partial charge on any atom is 0.330 e. The number of hydrogen-bond donors (Lipinski definition) is 1. The van der Waals surface area contributed by atoms with E-state index in [9.17, 15) is 14.9 Å². The first-order valence-electron chi connectivity index (χ1n) is 18.9. The monoisotopic (exact) mass is 754 g/mol. The number of para-hydroxylation sites is 2. The molecule has 3 aromatic carbocycles. The number of nitrogens with zero attached hydrogens (tertiary/aromatic N) is 3.